The van der Waals surface area contributed by atoms with E-state index in [2.05, 4.69) is 27.3 Å². The van der Waals surface area contributed by atoms with Crippen LogP contribution in [0.4, 0.5) is 22.9 Å². The normalized spacial score (nSPS) is 15.0. The summed E-state index contributed by atoms with van der Waals surface area (Å²) in [6.07, 6.45) is 1.81. The molecule has 0 saturated carbocycles. The Kier molecular flexibility index (Phi) is 3.92. The topological polar surface area (TPSA) is 63.4 Å². The van der Waals surface area contributed by atoms with E-state index in [1.807, 2.05) is 25.1 Å². The molecule has 5 nitrogen and oxygen atoms in total. The number of hydrogen-bond donors (Lipinski definition) is 2. The molecular weight excluding hydrogens is 264 g/mol. The van der Waals surface area contributed by atoms with Crippen LogP contribution in [0.5, 0.6) is 0 Å². The Balaban J connectivity index is 1.71. The van der Waals surface area contributed by atoms with E-state index in [0.29, 0.717) is 11.5 Å². The molecule has 3 rings (SSSR count). The highest BCUT2D eigenvalue weighted by molar-refractivity contribution is 5.70. The fourth-order valence-electron chi connectivity index (χ4n) is 2.41. The number of nitrogens with zero attached hydrogens (tertiary/aromatic N) is 2. The summed E-state index contributed by atoms with van der Waals surface area (Å²) in [5, 5.41) is 3.25. The lowest BCUT2D eigenvalue weighted by Crippen LogP contribution is -2.36. The Bertz CT molecular complexity index is 606. The van der Waals surface area contributed by atoms with Crippen molar-refractivity contribution >= 4 is 22.9 Å². The fourth-order valence-corrected chi connectivity index (χ4v) is 2.41. The molecule has 0 aliphatic carbocycles. The first-order valence-corrected chi connectivity index (χ1v) is 7.14. The number of aryl methyl sites for hydroxylation is 1. The van der Waals surface area contributed by atoms with Crippen molar-refractivity contribution in [1.82, 2.24) is 4.98 Å². The molecule has 3 N–H and O–H groups in total. The molecule has 1 aromatic heterocycles. The highest BCUT2D eigenvalue weighted by Gasteiger charge is 2.11. The first-order valence-electron chi connectivity index (χ1n) is 7.14. The lowest BCUT2D eigenvalue weighted by Gasteiger charge is -2.28. The van der Waals surface area contributed by atoms with Gasteiger partial charge in [-0.15, -0.1) is 0 Å². The maximum absolute atomic E-state index is 5.97. The molecule has 5 heteroatoms. The highest BCUT2D eigenvalue weighted by Crippen LogP contribution is 2.24. The summed E-state index contributed by atoms with van der Waals surface area (Å²) >= 11 is 0. The minimum absolute atomic E-state index is 0.659. The molecule has 2 heterocycles. The van der Waals surface area contributed by atoms with Crippen LogP contribution in [-0.2, 0) is 4.74 Å². The molecule has 0 bridgehead atoms. The number of ether oxygens (including phenoxy) is 1. The number of anilines is 4. The second kappa shape index (κ2) is 6.01. The number of nitrogen functional groups attached to an aromatic ring is 1. The molecule has 110 valence electrons. The van der Waals surface area contributed by atoms with Gasteiger partial charge in [0.1, 0.15) is 0 Å². The van der Waals surface area contributed by atoms with Gasteiger partial charge in [-0.25, -0.2) is 4.98 Å². The molecule has 0 atom stereocenters. The number of aromatic nitrogens is 1. The molecule has 1 aliphatic rings. The zero-order valence-corrected chi connectivity index (χ0v) is 12.2. The summed E-state index contributed by atoms with van der Waals surface area (Å²) in [5.74, 6) is 0.694. The van der Waals surface area contributed by atoms with Gasteiger partial charge in [-0.1, -0.05) is 0 Å². The zero-order chi connectivity index (χ0) is 14.7. The van der Waals surface area contributed by atoms with Crippen LogP contribution < -0.4 is 16.0 Å². The van der Waals surface area contributed by atoms with E-state index >= 15 is 0 Å². The third-order valence-corrected chi connectivity index (χ3v) is 3.56. The van der Waals surface area contributed by atoms with Crippen molar-refractivity contribution in [1.29, 1.82) is 0 Å². The van der Waals surface area contributed by atoms with E-state index in [0.717, 1.165) is 37.6 Å². The van der Waals surface area contributed by atoms with Gasteiger partial charge in [-0.3, -0.25) is 0 Å². The van der Waals surface area contributed by atoms with E-state index in [4.69, 9.17) is 10.5 Å². The lowest BCUT2D eigenvalue weighted by molar-refractivity contribution is 0.122. The predicted octanol–water partition coefficient (Wildman–Crippen LogP) is 2.55. The van der Waals surface area contributed by atoms with Gasteiger partial charge in [0.05, 0.1) is 18.9 Å². The second-order valence-electron chi connectivity index (χ2n) is 5.22. The molecule has 21 heavy (non-hydrogen) atoms. The minimum atomic E-state index is 0.659. The highest BCUT2D eigenvalue weighted by atomic mass is 16.5. The van der Waals surface area contributed by atoms with Crippen molar-refractivity contribution < 1.29 is 4.74 Å². The summed E-state index contributed by atoms with van der Waals surface area (Å²) < 4.78 is 5.37. The number of nitrogens with two attached hydrogens (primary N) is 1. The van der Waals surface area contributed by atoms with Crippen LogP contribution in [0.2, 0.25) is 0 Å². The molecule has 0 amide bonds. The van der Waals surface area contributed by atoms with Gasteiger partial charge < -0.3 is 20.7 Å². The minimum Gasteiger partial charge on any atom is -0.396 e. The van der Waals surface area contributed by atoms with Gasteiger partial charge >= 0.3 is 0 Å². The number of hydrogen-bond acceptors (Lipinski definition) is 5. The van der Waals surface area contributed by atoms with E-state index in [9.17, 15) is 0 Å². The number of morpholine rings is 1. The summed E-state index contributed by atoms with van der Waals surface area (Å²) in [6, 6.07) is 10.2. The standard InChI is InChI=1S/C16H20N4O/c1-12-10-15(17)16(18-11-12)19-13-2-4-14(5-3-13)20-6-8-21-9-7-20/h2-5,10-11H,6-9,17H2,1H3,(H,18,19). The van der Waals surface area contributed by atoms with E-state index in [1.165, 1.54) is 5.69 Å². The van der Waals surface area contributed by atoms with Crippen molar-refractivity contribution in [2.24, 2.45) is 0 Å². The molecule has 0 radical (unpaired) electrons. The monoisotopic (exact) mass is 284 g/mol. The van der Waals surface area contributed by atoms with Crippen LogP contribution in [0.25, 0.3) is 0 Å². The van der Waals surface area contributed by atoms with Gasteiger partial charge in [-0.05, 0) is 42.8 Å². The van der Waals surface area contributed by atoms with Crippen LogP contribution >= 0.6 is 0 Å². The maximum Gasteiger partial charge on any atom is 0.153 e. The second-order valence-corrected chi connectivity index (χ2v) is 5.22. The Labute approximate surface area is 124 Å². The first kappa shape index (κ1) is 13.7. The van der Waals surface area contributed by atoms with Crippen LogP contribution in [0.15, 0.2) is 36.5 Å². The fraction of sp³-hybridized carbons (Fsp3) is 0.312. The average Bonchev–Trinajstić information content (AvgIpc) is 2.52. The largest absolute Gasteiger partial charge is 0.396 e. The van der Waals surface area contributed by atoms with Gasteiger partial charge in [0.2, 0.25) is 0 Å². The van der Waals surface area contributed by atoms with Crippen LogP contribution in [0.1, 0.15) is 5.56 Å². The van der Waals surface area contributed by atoms with Gasteiger partial charge in [0.25, 0.3) is 0 Å². The van der Waals surface area contributed by atoms with Crippen LogP contribution in [0.3, 0.4) is 0 Å². The van der Waals surface area contributed by atoms with E-state index < -0.39 is 0 Å². The predicted molar refractivity (Wildman–Crippen MR) is 86.1 cm³/mol. The van der Waals surface area contributed by atoms with Gasteiger partial charge in [-0.2, -0.15) is 0 Å². The van der Waals surface area contributed by atoms with Gasteiger partial charge in [0, 0.05) is 30.7 Å². The first-order chi connectivity index (χ1) is 10.2. The van der Waals surface area contributed by atoms with Crippen LogP contribution in [-0.4, -0.2) is 31.3 Å². The summed E-state index contributed by atoms with van der Waals surface area (Å²) in [7, 11) is 0. The molecule has 1 aliphatic heterocycles. The lowest BCUT2D eigenvalue weighted by atomic mass is 10.2. The molecule has 1 aromatic carbocycles. The van der Waals surface area contributed by atoms with Gasteiger partial charge in [0.15, 0.2) is 5.82 Å². The van der Waals surface area contributed by atoms with Crippen molar-refractivity contribution in [2.75, 3.05) is 42.3 Å². The van der Waals surface area contributed by atoms with E-state index in [1.54, 1.807) is 6.20 Å². The number of nitrogens with one attached hydrogen (secondary N) is 1. The number of rotatable bonds is 3. The van der Waals surface area contributed by atoms with Crippen molar-refractivity contribution in [3.05, 3.63) is 42.1 Å². The van der Waals surface area contributed by atoms with Crippen molar-refractivity contribution in [2.45, 2.75) is 6.92 Å². The van der Waals surface area contributed by atoms with Crippen LogP contribution in [0, 0.1) is 6.92 Å². The summed E-state index contributed by atoms with van der Waals surface area (Å²) in [4.78, 5) is 6.65. The third kappa shape index (κ3) is 3.25. The maximum atomic E-state index is 5.97. The Morgan fingerprint density at radius 3 is 2.57 bits per heavy atom. The molecule has 1 fully saturated rings. The molecular formula is C16H20N4O. The average molecular weight is 284 g/mol. The molecule has 1 saturated heterocycles. The number of pyridine rings is 1. The molecule has 0 unspecified atom stereocenters. The van der Waals surface area contributed by atoms with E-state index in [-0.39, 0.29) is 0 Å². The summed E-state index contributed by atoms with van der Waals surface area (Å²) in [6.45, 7) is 5.45. The number of benzene rings is 1. The smallest absolute Gasteiger partial charge is 0.153 e. The van der Waals surface area contributed by atoms with Crippen molar-refractivity contribution in [3.8, 4) is 0 Å². The Hall–Kier alpha value is -2.27. The zero-order valence-electron chi connectivity index (χ0n) is 12.2. The Morgan fingerprint density at radius 2 is 1.90 bits per heavy atom. The third-order valence-electron chi connectivity index (χ3n) is 3.56. The molecule has 2 aromatic rings. The summed E-state index contributed by atoms with van der Waals surface area (Å²) in [5.41, 5.74) is 9.88. The Morgan fingerprint density at radius 1 is 1.19 bits per heavy atom. The SMILES string of the molecule is Cc1cnc(Nc2ccc(N3CCOCC3)cc2)c(N)c1. The molecule has 0 spiro atoms. The van der Waals surface area contributed by atoms with Crippen molar-refractivity contribution in [3.63, 3.8) is 0 Å². The quantitative estimate of drug-likeness (QED) is 0.907.